The molecule has 0 saturated carbocycles. The lowest BCUT2D eigenvalue weighted by atomic mass is 10.1. The van der Waals surface area contributed by atoms with Crippen LogP contribution in [0.4, 0.5) is 10.1 Å². The highest BCUT2D eigenvalue weighted by Gasteiger charge is 2.12. The molecule has 1 amide bonds. The molecule has 2 rings (SSSR count). The number of nitrogens with two attached hydrogens (primary N) is 1. The van der Waals surface area contributed by atoms with E-state index in [4.69, 9.17) is 5.73 Å². The van der Waals surface area contributed by atoms with Gasteiger partial charge in [-0.15, -0.1) is 11.3 Å². The molecular formula is C13H14FN3OS. The Bertz CT molecular complexity index is 571. The van der Waals surface area contributed by atoms with Crippen LogP contribution in [0.5, 0.6) is 0 Å². The molecule has 2 aromatic rings. The van der Waals surface area contributed by atoms with E-state index in [0.717, 1.165) is 11.1 Å². The van der Waals surface area contributed by atoms with Crippen molar-refractivity contribution in [2.75, 3.05) is 12.3 Å². The molecule has 0 bridgehead atoms. The van der Waals surface area contributed by atoms with Crippen molar-refractivity contribution in [3.05, 3.63) is 46.2 Å². The first-order valence-corrected chi connectivity index (χ1v) is 6.68. The highest BCUT2D eigenvalue weighted by atomic mass is 32.1. The van der Waals surface area contributed by atoms with Crippen LogP contribution in [-0.4, -0.2) is 17.4 Å². The molecule has 0 fully saturated rings. The van der Waals surface area contributed by atoms with Crippen LogP contribution in [0, 0.1) is 5.82 Å². The lowest BCUT2D eigenvalue weighted by molar-refractivity contribution is 0.0951. The number of thiazole rings is 1. The van der Waals surface area contributed by atoms with E-state index in [9.17, 15) is 9.18 Å². The van der Waals surface area contributed by atoms with Gasteiger partial charge in [0.05, 0.1) is 10.7 Å². The van der Waals surface area contributed by atoms with Crippen LogP contribution in [0.25, 0.3) is 0 Å². The summed E-state index contributed by atoms with van der Waals surface area (Å²) < 4.78 is 13.2. The van der Waals surface area contributed by atoms with Gasteiger partial charge in [0.2, 0.25) is 0 Å². The fourth-order valence-electron chi connectivity index (χ4n) is 1.58. The van der Waals surface area contributed by atoms with Gasteiger partial charge in [-0.3, -0.25) is 4.79 Å². The maximum atomic E-state index is 13.2. The van der Waals surface area contributed by atoms with Crippen molar-refractivity contribution >= 4 is 22.9 Å². The van der Waals surface area contributed by atoms with Crippen molar-refractivity contribution < 1.29 is 9.18 Å². The van der Waals surface area contributed by atoms with Crippen LogP contribution in [0.15, 0.2) is 29.8 Å². The molecule has 1 heterocycles. The van der Waals surface area contributed by atoms with Gasteiger partial charge in [0.25, 0.3) is 5.91 Å². The van der Waals surface area contributed by atoms with Gasteiger partial charge in [0.15, 0.2) is 0 Å². The normalized spacial score (nSPS) is 12.1. The Kier molecular flexibility index (Phi) is 4.11. The Hall–Kier alpha value is -1.95. The van der Waals surface area contributed by atoms with Gasteiger partial charge in [-0.05, 0) is 18.2 Å². The van der Waals surface area contributed by atoms with Gasteiger partial charge in [-0.1, -0.05) is 6.92 Å². The lowest BCUT2D eigenvalue weighted by Crippen LogP contribution is -2.27. The highest BCUT2D eigenvalue weighted by molar-refractivity contribution is 7.09. The van der Waals surface area contributed by atoms with Crippen LogP contribution in [-0.2, 0) is 0 Å². The molecule has 4 nitrogen and oxygen atoms in total. The first kappa shape index (κ1) is 13.5. The van der Waals surface area contributed by atoms with E-state index in [1.807, 2.05) is 12.3 Å². The standard InChI is InChI=1S/C13H14FN3OS/c1-8(13-16-4-5-19-13)7-17-12(18)9-2-3-11(15)10(14)6-9/h2-6,8H,7,15H2,1H3,(H,17,18). The minimum atomic E-state index is -0.583. The van der Waals surface area contributed by atoms with E-state index in [1.165, 1.54) is 12.1 Å². The summed E-state index contributed by atoms with van der Waals surface area (Å²) in [6.07, 6.45) is 1.73. The topological polar surface area (TPSA) is 68.0 Å². The zero-order chi connectivity index (χ0) is 13.8. The summed E-state index contributed by atoms with van der Waals surface area (Å²) in [4.78, 5) is 16.0. The number of nitrogens with zero attached hydrogens (tertiary/aromatic N) is 1. The largest absolute Gasteiger partial charge is 0.396 e. The Morgan fingerprint density at radius 1 is 1.58 bits per heavy atom. The number of hydrogen-bond donors (Lipinski definition) is 2. The summed E-state index contributed by atoms with van der Waals surface area (Å²) in [6, 6.07) is 4.02. The first-order valence-electron chi connectivity index (χ1n) is 5.80. The molecule has 0 spiro atoms. The number of rotatable bonds is 4. The molecule has 1 aromatic carbocycles. The van der Waals surface area contributed by atoms with Gasteiger partial charge < -0.3 is 11.1 Å². The number of carbonyl (C=O) groups excluding carboxylic acids is 1. The monoisotopic (exact) mass is 279 g/mol. The van der Waals surface area contributed by atoms with E-state index < -0.39 is 5.82 Å². The summed E-state index contributed by atoms with van der Waals surface area (Å²) in [7, 11) is 0. The second-order valence-corrected chi connectivity index (χ2v) is 5.14. The van der Waals surface area contributed by atoms with E-state index in [-0.39, 0.29) is 23.1 Å². The number of aromatic nitrogens is 1. The number of anilines is 1. The van der Waals surface area contributed by atoms with Gasteiger partial charge in [0.1, 0.15) is 5.82 Å². The Morgan fingerprint density at radius 3 is 3.00 bits per heavy atom. The van der Waals surface area contributed by atoms with Crippen molar-refractivity contribution in [2.24, 2.45) is 0 Å². The Labute approximate surface area is 114 Å². The highest BCUT2D eigenvalue weighted by Crippen LogP contribution is 2.17. The maximum absolute atomic E-state index is 13.2. The third-order valence-corrected chi connectivity index (χ3v) is 3.71. The van der Waals surface area contributed by atoms with E-state index >= 15 is 0 Å². The van der Waals surface area contributed by atoms with E-state index in [2.05, 4.69) is 10.3 Å². The number of amides is 1. The zero-order valence-electron chi connectivity index (χ0n) is 10.4. The summed E-state index contributed by atoms with van der Waals surface area (Å²) >= 11 is 1.54. The molecule has 6 heteroatoms. The maximum Gasteiger partial charge on any atom is 0.251 e. The molecule has 1 atom stereocenters. The molecular weight excluding hydrogens is 265 g/mol. The van der Waals surface area contributed by atoms with Crippen molar-refractivity contribution in [1.29, 1.82) is 0 Å². The molecule has 100 valence electrons. The van der Waals surface area contributed by atoms with Gasteiger partial charge in [-0.25, -0.2) is 9.37 Å². The van der Waals surface area contributed by atoms with Crippen LogP contribution in [0.3, 0.4) is 0 Å². The van der Waals surface area contributed by atoms with Crippen LogP contribution in [0.2, 0.25) is 0 Å². The number of nitrogens with one attached hydrogen (secondary N) is 1. The molecule has 0 aliphatic rings. The average Bonchev–Trinajstić information content (AvgIpc) is 2.92. The summed E-state index contributed by atoms with van der Waals surface area (Å²) in [5.41, 5.74) is 5.66. The molecule has 1 aromatic heterocycles. The minimum Gasteiger partial charge on any atom is -0.396 e. The minimum absolute atomic E-state index is 0.0349. The smallest absolute Gasteiger partial charge is 0.251 e. The first-order chi connectivity index (χ1) is 9.08. The number of hydrogen-bond acceptors (Lipinski definition) is 4. The van der Waals surface area contributed by atoms with Crippen molar-refractivity contribution in [2.45, 2.75) is 12.8 Å². The van der Waals surface area contributed by atoms with Crippen LogP contribution in [0.1, 0.15) is 28.2 Å². The second-order valence-electron chi connectivity index (χ2n) is 4.22. The summed E-state index contributed by atoms with van der Waals surface area (Å²) in [5, 5.41) is 5.61. The number of halogens is 1. The fourth-order valence-corrected chi connectivity index (χ4v) is 2.28. The lowest BCUT2D eigenvalue weighted by Gasteiger charge is -2.10. The van der Waals surface area contributed by atoms with Gasteiger partial charge in [0, 0.05) is 29.6 Å². The fraction of sp³-hybridized carbons (Fsp3) is 0.231. The third-order valence-electron chi connectivity index (χ3n) is 2.70. The van der Waals surface area contributed by atoms with Crippen molar-refractivity contribution in [3.8, 4) is 0 Å². The van der Waals surface area contributed by atoms with Gasteiger partial charge in [-0.2, -0.15) is 0 Å². The molecule has 1 unspecified atom stereocenters. The Morgan fingerprint density at radius 2 is 2.37 bits per heavy atom. The SMILES string of the molecule is CC(CNC(=O)c1ccc(N)c(F)c1)c1nccs1. The quantitative estimate of drug-likeness (QED) is 0.844. The number of carbonyl (C=O) groups is 1. The average molecular weight is 279 g/mol. The second kappa shape index (κ2) is 5.79. The molecule has 0 aliphatic carbocycles. The zero-order valence-corrected chi connectivity index (χ0v) is 11.2. The number of benzene rings is 1. The molecule has 0 aliphatic heterocycles. The predicted octanol–water partition coefficient (Wildman–Crippen LogP) is 2.40. The van der Waals surface area contributed by atoms with E-state index in [1.54, 1.807) is 17.5 Å². The van der Waals surface area contributed by atoms with Crippen molar-refractivity contribution in [1.82, 2.24) is 10.3 Å². The number of nitrogen functional groups attached to an aromatic ring is 1. The van der Waals surface area contributed by atoms with Crippen LogP contribution < -0.4 is 11.1 Å². The van der Waals surface area contributed by atoms with Crippen molar-refractivity contribution in [3.63, 3.8) is 0 Å². The summed E-state index contributed by atoms with van der Waals surface area (Å²) in [5.74, 6) is -0.773. The van der Waals surface area contributed by atoms with Crippen LogP contribution >= 0.6 is 11.3 Å². The van der Waals surface area contributed by atoms with E-state index in [0.29, 0.717) is 6.54 Å². The summed E-state index contributed by atoms with van der Waals surface area (Å²) in [6.45, 7) is 2.43. The molecule has 3 N–H and O–H groups in total. The predicted molar refractivity (Wildman–Crippen MR) is 73.7 cm³/mol. The molecule has 0 radical (unpaired) electrons. The molecule has 19 heavy (non-hydrogen) atoms. The Balaban J connectivity index is 1.96. The third kappa shape index (κ3) is 3.29. The molecule has 0 saturated heterocycles. The van der Waals surface area contributed by atoms with Gasteiger partial charge >= 0.3 is 0 Å².